The quantitative estimate of drug-likeness (QED) is 0.0208. The Labute approximate surface area is 366 Å². The number of rotatable bonds is 39. The van der Waals surface area contributed by atoms with Gasteiger partial charge in [0.1, 0.15) is 24.4 Å². The summed E-state index contributed by atoms with van der Waals surface area (Å²) in [6, 6.07) is -1.17. The third-order valence-electron chi connectivity index (χ3n) is 10.5. The summed E-state index contributed by atoms with van der Waals surface area (Å²) >= 11 is 0. The lowest BCUT2D eigenvalue weighted by atomic mass is 9.99. The number of unbranched alkanes of at least 4 members (excludes halogenated alkanes) is 23. The van der Waals surface area contributed by atoms with Gasteiger partial charge >= 0.3 is 31.2 Å². The van der Waals surface area contributed by atoms with Crippen LogP contribution in [0.4, 0.5) is 0 Å². The van der Waals surface area contributed by atoms with Gasteiger partial charge in [-0.1, -0.05) is 167 Å². The van der Waals surface area contributed by atoms with Gasteiger partial charge in [0.15, 0.2) is 6.29 Å². The highest BCUT2D eigenvalue weighted by molar-refractivity contribution is 7.81. The standard InChI is InChI=1S/C40H77NO17S3/c1-3-5-7-9-11-13-15-17-19-21-23-25-27-29-34(42)33(41-36(43)30-28-26-24-22-20-18-16-14-12-10-8-6-4-2)31-54-40-37(44)39(58-61(51,52)53)38(57-60(48,49)50)35(56-40)32-55-59(45,46)47/h27,29,33-35,37-40,42,44H,3-26,28,30-32H2,1-2H3,(H,41,43)(H,45,46,47)(H,48,49,50)(H,51,52,53)/b29-27+/t33-,34+,35+,37+,38-,39+,40-/m0/s1. The molecule has 1 fully saturated rings. The van der Waals surface area contributed by atoms with Crippen molar-refractivity contribution >= 4 is 37.1 Å². The van der Waals surface area contributed by atoms with Gasteiger partial charge in [-0.3, -0.25) is 18.5 Å². The summed E-state index contributed by atoms with van der Waals surface area (Å²) in [6.45, 7) is 2.51. The number of hydrogen-bond acceptors (Lipinski definition) is 14. The van der Waals surface area contributed by atoms with Crippen molar-refractivity contribution in [2.24, 2.45) is 0 Å². The molecule has 0 aromatic heterocycles. The molecule has 1 rings (SSSR count). The van der Waals surface area contributed by atoms with Gasteiger partial charge in [-0.2, -0.15) is 25.3 Å². The number of carbonyl (C=O) groups excluding carboxylic acids is 1. The molecular formula is C40H77NO17S3. The predicted octanol–water partition coefficient (Wildman–Crippen LogP) is 6.87. The zero-order chi connectivity index (χ0) is 45.6. The third kappa shape index (κ3) is 31.2. The topological polar surface area (TPSA) is 279 Å². The van der Waals surface area contributed by atoms with Crippen molar-refractivity contribution in [3.05, 3.63) is 12.2 Å². The fourth-order valence-electron chi connectivity index (χ4n) is 7.13. The average Bonchev–Trinajstić information content (AvgIpc) is 3.17. The van der Waals surface area contributed by atoms with Crippen LogP contribution >= 0.6 is 0 Å². The molecule has 61 heavy (non-hydrogen) atoms. The molecule has 18 nitrogen and oxygen atoms in total. The van der Waals surface area contributed by atoms with Gasteiger partial charge in [0.2, 0.25) is 5.91 Å². The van der Waals surface area contributed by atoms with Gasteiger partial charge in [0, 0.05) is 6.42 Å². The van der Waals surface area contributed by atoms with Crippen LogP contribution in [-0.2, 0) is 58.0 Å². The van der Waals surface area contributed by atoms with E-state index in [1.54, 1.807) is 6.08 Å². The molecule has 1 heterocycles. The Morgan fingerprint density at radius 2 is 1.07 bits per heavy atom. The minimum atomic E-state index is -5.49. The van der Waals surface area contributed by atoms with Crippen LogP contribution in [0.2, 0.25) is 0 Å². The maximum absolute atomic E-state index is 13.1. The van der Waals surface area contributed by atoms with Gasteiger partial charge in [-0.25, -0.2) is 12.5 Å². The highest BCUT2D eigenvalue weighted by Gasteiger charge is 2.51. The maximum atomic E-state index is 13.1. The van der Waals surface area contributed by atoms with Crippen molar-refractivity contribution in [2.75, 3.05) is 13.2 Å². The molecule has 0 bridgehead atoms. The first-order valence-corrected chi connectivity index (χ1v) is 26.5. The van der Waals surface area contributed by atoms with Gasteiger partial charge in [-0.15, -0.1) is 0 Å². The molecule has 0 unspecified atom stereocenters. The minimum Gasteiger partial charge on any atom is -0.387 e. The van der Waals surface area contributed by atoms with Crippen molar-refractivity contribution < 1.29 is 75.9 Å². The zero-order valence-electron chi connectivity index (χ0n) is 36.4. The molecule has 0 aromatic carbocycles. The van der Waals surface area contributed by atoms with Crippen molar-refractivity contribution in [3.8, 4) is 0 Å². The lowest BCUT2D eigenvalue weighted by Crippen LogP contribution is -2.62. The Kier molecular flexibility index (Phi) is 31.4. The van der Waals surface area contributed by atoms with E-state index >= 15 is 0 Å². The largest absolute Gasteiger partial charge is 0.397 e. The normalized spacial score (nSPS) is 21.2. The van der Waals surface area contributed by atoms with Crippen LogP contribution in [0.1, 0.15) is 181 Å². The molecule has 1 aliphatic heterocycles. The van der Waals surface area contributed by atoms with E-state index in [1.807, 2.05) is 0 Å². The number of aliphatic hydroxyl groups is 2. The molecule has 1 saturated heterocycles. The summed E-state index contributed by atoms with van der Waals surface area (Å²) in [5.41, 5.74) is 0. The van der Waals surface area contributed by atoms with E-state index in [9.17, 15) is 49.4 Å². The van der Waals surface area contributed by atoms with Gasteiger partial charge in [-0.05, 0) is 19.3 Å². The molecule has 0 radical (unpaired) electrons. The Morgan fingerprint density at radius 3 is 1.51 bits per heavy atom. The highest BCUT2D eigenvalue weighted by Crippen LogP contribution is 2.30. The Hall–Kier alpha value is -1.34. The molecule has 0 saturated carbocycles. The summed E-state index contributed by atoms with van der Waals surface area (Å²) in [5, 5.41) is 24.9. The molecule has 0 aliphatic carbocycles. The van der Waals surface area contributed by atoms with Crippen molar-refractivity contribution in [1.29, 1.82) is 0 Å². The summed E-state index contributed by atoms with van der Waals surface area (Å²) in [4.78, 5) is 13.1. The lowest BCUT2D eigenvalue weighted by molar-refractivity contribution is -0.293. The second-order valence-electron chi connectivity index (χ2n) is 16.0. The number of ether oxygens (including phenoxy) is 2. The van der Waals surface area contributed by atoms with Crippen molar-refractivity contribution in [2.45, 2.75) is 224 Å². The molecule has 6 N–H and O–H groups in total. The number of aliphatic hydroxyl groups excluding tert-OH is 2. The summed E-state index contributed by atoms with van der Waals surface area (Å²) in [7, 11) is -16.2. The van der Waals surface area contributed by atoms with Crippen molar-refractivity contribution in [1.82, 2.24) is 5.32 Å². The average molecular weight is 940 g/mol. The van der Waals surface area contributed by atoms with Crippen molar-refractivity contribution in [3.63, 3.8) is 0 Å². The molecular weight excluding hydrogens is 863 g/mol. The molecule has 0 aromatic rings. The number of nitrogens with one attached hydrogen (secondary N) is 1. The van der Waals surface area contributed by atoms with Crippen LogP contribution in [0.15, 0.2) is 12.2 Å². The maximum Gasteiger partial charge on any atom is 0.397 e. The first kappa shape index (κ1) is 57.7. The van der Waals surface area contributed by atoms with Gasteiger partial charge < -0.3 is 25.0 Å². The predicted molar refractivity (Wildman–Crippen MR) is 229 cm³/mol. The van der Waals surface area contributed by atoms with E-state index in [0.717, 1.165) is 51.4 Å². The molecule has 362 valence electrons. The first-order valence-electron chi connectivity index (χ1n) is 22.4. The highest BCUT2D eigenvalue weighted by atomic mass is 32.3. The molecule has 21 heteroatoms. The lowest BCUT2D eigenvalue weighted by Gasteiger charge is -2.42. The monoisotopic (exact) mass is 939 g/mol. The van der Waals surface area contributed by atoms with E-state index in [-0.39, 0.29) is 6.42 Å². The van der Waals surface area contributed by atoms with E-state index in [4.69, 9.17) is 14.0 Å². The van der Waals surface area contributed by atoms with Crippen LogP contribution in [-0.4, -0.2) is 111 Å². The van der Waals surface area contributed by atoms with E-state index in [0.29, 0.717) is 12.8 Å². The smallest absolute Gasteiger partial charge is 0.387 e. The number of amides is 1. The van der Waals surface area contributed by atoms with Crippen LogP contribution in [0, 0.1) is 0 Å². The Bertz CT molecular complexity index is 1500. The molecule has 0 spiro atoms. The van der Waals surface area contributed by atoms with Crippen LogP contribution in [0.3, 0.4) is 0 Å². The van der Waals surface area contributed by atoms with Crippen LogP contribution in [0.5, 0.6) is 0 Å². The number of carbonyl (C=O) groups is 1. The molecule has 7 atom stereocenters. The Morgan fingerprint density at radius 1 is 0.639 bits per heavy atom. The van der Waals surface area contributed by atoms with Gasteiger partial charge in [0.05, 0.1) is 25.4 Å². The summed E-state index contributed by atoms with van der Waals surface area (Å²) < 4.78 is 121. The fourth-order valence-corrected chi connectivity index (χ4v) is 8.45. The van der Waals surface area contributed by atoms with Crippen LogP contribution < -0.4 is 5.32 Å². The summed E-state index contributed by atoms with van der Waals surface area (Å²) in [6.07, 6.45) is 19.0. The minimum absolute atomic E-state index is 0.139. The molecule has 1 amide bonds. The second kappa shape index (κ2) is 33.2. The fraction of sp³-hybridized carbons (Fsp3) is 0.925. The Balaban J connectivity index is 2.92. The SMILES string of the molecule is CCCCCCCCCCCCC/C=C/[C@@H](O)[C@H](CO[C@H]1O[C@H](COS(=O)(=O)O)[C@H](OS(=O)(=O)O)[C@H](OS(=O)(=O)O)[C@H]1O)NC(=O)CCCCCCCCCCCCCCC. The number of hydrogen-bond donors (Lipinski definition) is 6. The molecule has 1 aliphatic rings. The second-order valence-corrected chi connectivity index (χ2v) is 19.2. The first-order chi connectivity index (χ1) is 28.9. The van der Waals surface area contributed by atoms with Crippen LogP contribution in [0.25, 0.3) is 0 Å². The summed E-state index contributed by atoms with van der Waals surface area (Å²) in [5.74, 6) is -0.409. The zero-order valence-corrected chi connectivity index (χ0v) is 38.8. The van der Waals surface area contributed by atoms with Gasteiger partial charge in [0.25, 0.3) is 0 Å². The number of allylic oxidation sites excluding steroid dienone is 1. The third-order valence-corrected chi connectivity index (χ3v) is 11.8. The van der Waals surface area contributed by atoms with E-state index < -0.39 is 93.2 Å². The van der Waals surface area contributed by atoms with E-state index in [1.165, 1.54) is 102 Å². The van der Waals surface area contributed by atoms with E-state index in [2.05, 4.69) is 31.7 Å².